The molecule has 0 radical (unpaired) electrons. The first kappa shape index (κ1) is 15.9. The molecule has 0 heterocycles. The summed E-state index contributed by atoms with van der Waals surface area (Å²) >= 11 is 0. The quantitative estimate of drug-likeness (QED) is 0.652. The predicted molar refractivity (Wildman–Crippen MR) is 73.9 cm³/mol. The van der Waals surface area contributed by atoms with Crippen molar-refractivity contribution in [1.29, 1.82) is 0 Å². The van der Waals surface area contributed by atoms with E-state index in [1.807, 2.05) is 0 Å². The molecule has 0 rings (SSSR count). The van der Waals surface area contributed by atoms with Gasteiger partial charge in [0.1, 0.15) is 0 Å². The van der Waals surface area contributed by atoms with Crippen LogP contribution < -0.4 is 5.32 Å². The zero-order valence-electron chi connectivity index (χ0n) is 12.2. The Bertz CT molecular complexity index is 153. The van der Waals surface area contributed by atoms with Crippen molar-refractivity contribution in [3.63, 3.8) is 0 Å². The van der Waals surface area contributed by atoms with E-state index in [4.69, 9.17) is 0 Å². The summed E-state index contributed by atoms with van der Waals surface area (Å²) in [5, 5.41) is 3.33. The van der Waals surface area contributed by atoms with E-state index in [-0.39, 0.29) is 0 Å². The molecule has 16 heavy (non-hydrogen) atoms. The minimum atomic E-state index is 0.692. The fourth-order valence-electron chi connectivity index (χ4n) is 2.51. The number of hydrogen-bond donors (Lipinski definition) is 1. The van der Waals surface area contributed by atoms with Crippen LogP contribution in [0.25, 0.3) is 0 Å². The van der Waals surface area contributed by atoms with Gasteiger partial charge in [0.25, 0.3) is 0 Å². The molecule has 0 aromatic heterocycles. The second-order valence-electron chi connectivity index (χ2n) is 5.18. The molecule has 1 atom stereocenters. The summed E-state index contributed by atoms with van der Waals surface area (Å²) in [5.41, 5.74) is 0. The van der Waals surface area contributed by atoms with Gasteiger partial charge in [-0.25, -0.2) is 0 Å². The molecule has 0 bridgehead atoms. The molecular formula is C14H32N2. The monoisotopic (exact) mass is 228 g/mol. The highest BCUT2D eigenvalue weighted by atomic mass is 15.2. The fourth-order valence-corrected chi connectivity index (χ4v) is 2.51. The summed E-state index contributed by atoms with van der Waals surface area (Å²) in [4.78, 5) is 2.72. The first-order valence-electron chi connectivity index (χ1n) is 7.00. The molecule has 0 saturated heterocycles. The molecule has 0 aromatic carbocycles. The maximum Gasteiger partial charge on any atom is 0.0220 e. The summed E-state index contributed by atoms with van der Waals surface area (Å²) in [6.45, 7) is 13.9. The van der Waals surface area contributed by atoms with Gasteiger partial charge in [0.15, 0.2) is 0 Å². The van der Waals surface area contributed by atoms with Crippen molar-refractivity contribution >= 4 is 0 Å². The normalized spacial score (nSPS) is 14.1. The van der Waals surface area contributed by atoms with E-state index in [0.717, 1.165) is 18.5 Å². The lowest BCUT2D eigenvalue weighted by atomic mass is 10.0. The van der Waals surface area contributed by atoms with Gasteiger partial charge in [-0.2, -0.15) is 0 Å². The minimum absolute atomic E-state index is 0.692. The van der Waals surface area contributed by atoms with Crippen molar-refractivity contribution in [2.24, 2.45) is 5.92 Å². The molecule has 0 aliphatic rings. The summed E-state index contributed by atoms with van der Waals surface area (Å²) in [6, 6.07) is 1.44. The van der Waals surface area contributed by atoms with Crippen LogP contribution in [-0.2, 0) is 0 Å². The van der Waals surface area contributed by atoms with E-state index < -0.39 is 0 Å². The molecule has 2 nitrogen and oxygen atoms in total. The van der Waals surface area contributed by atoms with Gasteiger partial charge in [-0.3, -0.25) is 4.90 Å². The molecule has 1 N–H and O–H groups in total. The van der Waals surface area contributed by atoms with E-state index >= 15 is 0 Å². The molecule has 0 aliphatic heterocycles. The highest BCUT2D eigenvalue weighted by molar-refractivity contribution is 4.79. The van der Waals surface area contributed by atoms with Crippen LogP contribution in [0.4, 0.5) is 0 Å². The maximum absolute atomic E-state index is 3.33. The summed E-state index contributed by atoms with van der Waals surface area (Å²) in [6.07, 6.45) is 3.77. The second kappa shape index (κ2) is 9.00. The van der Waals surface area contributed by atoms with Gasteiger partial charge in [-0.1, -0.05) is 34.6 Å². The number of rotatable bonds is 9. The van der Waals surface area contributed by atoms with Gasteiger partial charge >= 0.3 is 0 Å². The third-order valence-corrected chi connectivity index (χ3v) is 3.37. The molecule has 0 spiro atoms. The molecule has 2 heteroatoms. The highest BCUT2D eigenvalue weighted by Crippen LogP contribution is 2.16. The first-order chi connectivity index (χ1) is 7.60. The van der Waals surface area contributed by atoms with Gasteiger partial charge in [0.2, 0.25) is 0 Å². The lowest BCUT2D eigenvalue weighted by Gasteiger charge is -2.38. The maximum atomic E-state index is 3.33. The lowest BCUT2D eigenvalue weighted by molar-refractivity contribution is 0.106. The predicted octanol–water partition coefficient (Wildman–Crippen LogP) is 3.13. The Balaban J connectivity index is 4.59. The van der Waals surface area contributed by atoms with Crippen molar-refractivity contribution < 1.29 is 0 Å². The molecule has 0 aromatic rings. The van der Waals surface area contributed by atoms with Gasteiger partial charge < -0.3 is 5.32 Å². The summed E-state index contributed by atoms with van der Waals surface area (Å²) < 4.78 is 0. The fraction of sp³-hybridized carbons (Fsp3) is 1.00. The van der Waals surface area contributed by atoms with Crippen LogP contribution in [0.5, 0.6) is 0 Å². The SMILES string of the molecule is CCC(CC)N(CC(C)C)C(CC)CNC. The highest BCUT2D eigenvalue weighted by Gasteiger charge is 2.23. The van der Waals surface area contributed by atoms with Crippen LogP contribution in [0, 0.1) is 5.92 Å². The van der Waals surface area contributed by atoms with Gasteiger partial charge in [-0.05, 0) is 32.2 Å². The first-order valence-corrected chi connectivity index (χ1v) is 7.00. The lowest BCUT2D eigenvalue weighted by Crippen LogP contribution is -2.48. The second-order valence-corrected chi connectivity index (χ2v) is 5.18. The number of nitrogens with zero attached hydrogens (tertiary/aromatic N) is 1. The Morgan fingerprint density at radius 2 is 1.44 bits per heavy atom. The molecule has 98 valence electrons. The molecule has 0 aliphatic carbocycles. The summed E-state index contributed by atoms with van der Waals surface area (Å²) in [7, 11) is 2.06. The van der Waals surface area contributed by atoms with Crippen LogP contribution in [0.15, 0.2) is 0 Å². The minimum Gasteiger partial charge on any atom is -0.318 e. The van der Waals surface area contributed by atoms with E-state index in [9.17, 15) is 0 Å². The average Bonchev–Trinajstić information content (AvgIpc) is 2.25. The van der Waals surface area contributed by atoms with Crippen molar-refractivity contribution in [2.75, 3.05) is 20.1 Å². The zero-order chi connectivity index (χ0) is 12.6. The topological polar surface area (TPSA) is 15.3 Å². The molecular weight excluding hydrogens is 196 g/mol. The average molecular weight is 228 g/mol. The van der Waals surface area contributed by atoms with Crippen LogP contribution in [0.3, 0.4) is 0 Å². The van der Waals surface area contributed by atoms with Crippen molar-refractivity contribution in [1.82, 2.24) is 10.2 Å². The van der Waals surface area contributed by atoms with Crippen molar-refractivity contribution in [2.45, 2.75) is 66.0 Å². The van der Waals surface area contributed by atoms with Gasteiger partial charge in [-0.15, -0.1) is 0 Å². The van der Waals surface area contributed by atoms with Gasteiger partial charge in [0.05, 0.1) is 0 Å². The van der Waals surface area contributed by atoms with E-state index in [1.165, 1.54) is 25.8 Å². The van der Waals surface area contributed by atoms with Gasteiger partial charge in [0, 0.05) is 25.2 Å². The number of nitrogens with one attached hydrogen (secondary N) is 1. The molecule has 1 unspecified atom stereocenters. The number of likely N-dealkylation sites (N-methyl/N-ethyl adjacent to an activating group) is 1. The summed E-state index contributed by atoms with van der Waals surface area (Å²) in [5.74, 6) is 0.756. The molecule has 0 fully saturated rings. The van der Waals surface area contributed by atoms with Crippen LogP contribution in [0.1, 0.15) is 53.9 Å². The standard InChI is InChI=1S/C14H32N2/c1-7-13(8-2)16(11-12(4)5)14(9-3)10-15-6/h12-15H,7-11H2,1-6H3. The third kappa shape index (κ3) is 5.31. The van der Waals surface area contributed by atoms with Crippen LogP contribution in [0.2, 0.25) is 0 Å². The van der Waals surface area contributed by atoms with Crippen LogP contribution >= 0.6 is 0 Å². The smallest absolute Gasteiger partial charge is 0.0220 e. The third-order valence-electron chi connectivity index (χ3n) is 3.37. The number of hydrogen-bond acceptors (Lipinski definition) is 2. The van der Waals surface area contributed by atoms with Crippen LogP contribution in [-0.4, -0.2) is 37.1 Å². The van der Waals surface area contributed by atoms with E-state index in [0.29, 0.717) is 6.04 Å². The Hall–Kier alpha value is -0.0800. The Kier molecular flexibility index (Phi) is 8.96. The van der Waals surface area contributed by atoms with Crippen molar-refractivity contribution in [3.8, 4) is 0 Å². The largest absolute Gasteiger partial charge is 0.318 e. The Morgan fingerprint density at radius 1 is 0.938 bits per heavy atom. The Morgan fingerprint density at radius 3 is 1.75 bits per heavy atom. The zero-order valence-corrected chi connectivity index (χ0v) is 12.2. The Labute approximate surface area is 103 Å². The molecule has 0 saturated carbocycles. The molecule has 0 amide bonds. The van der Waals surface area contributed by atoms with E-state index in [1.54, 1.807) is 0 Å². The van der Waals surface area contributed by atoms with E-state index in [2.05, 4.69) is 51.9 Å². The van der Waals surface area contributed by atoms with Crippen molar-refractivity contribution in [3.05, 3.63) is 0 Å².